The summed E-state index contributed by atoms with van der Waals surface area (Å²) >= 11 is 0. The molecule has 0 saturated heterocycles. The van der Waals surface area contributed by atoms with E-state index in [0.29, 0.717) is 29.3 Å². The Balaban J connectivity index is 2.28. The second kappa shape index (κ2) is 8.80. The first-order valence-electron chi connectivity index (χ1n) is 8.46. The van der Waals surface area contributed by atoms with Gasteiger partial charge in [0, 0.05) is 23.4 Å². The van der Waals surface area contributed by atoms with Gasteiger partial charge < -0.3 is 11.1 Å². The summed E-state index contributed by atoms with van der Waals surface area (Å²) in [5, 5.41) is 10.4. The second-order valence-corrected chi connectivity index (χ2v) is 6.42. The van der Waals surface area contributed by atoms with Crippen LogP contribution in [0, 0.1) is 11.3 Å². The number of carbonyl (C=O) groups is 2. The van der Waals surface area contributed by atoms with Gasteiger partial charge >= 0.3 is 0 Å². The van der Waals surface area contributed by atoms with Gasteiger partial charge in [0.15, 0.2) is 0 Å². The van der Waals surface area contributed by atoms with Crippen LogP contribution in [0.2, 0.25) is 0 Å². The van der Waals surface area contributed by atoms with E-state index in [4.69, 9.17) is 11.1 Å². The maximum Gasteiger partial charge on any atom is 0.258 e. The van der Waals surface area contributed by atoms with E-state index in [1.54, 1.807) is 36.4 Å². The molecule has 0 aliphatic rings. The van der Waals surface area contributed by atoms with Crippen LogP contribution in [0.25, 0.3) is 0 Å². The standard InChI is InChI=1S/C20H24N4O2/c1-14(2)12-23-18(25)13-24(17-9-4-3-5-10-17)20(26)16-8-6-7-15(11-16)19(21)22/h3-11,14H,12-13H2,1-2H3,(H3,21,22)(H,23,25). The summed E-state index contributed by atoms with van der Waals surface area (Å²) in [6, 6.07) is 15.6. The Kier molecular flexibility index (Phi) is 6.49. The summed E-state index contributed by atoms with van der Waals surface area (Å²) < 4.78 is 0. The Morgan fingerprint density at radius 3 is 2.35 bits per heavy atom. The van der Waals surface area contributed by atoms with Gasteiger partial charge in [0.25, 0.3) is 5.91 Å². The number of carbonyl (C=O) groups excluding carboxylic acids is 2. The third kappa shape index (κ3) is 5.17. The summed E-state index contributed by atoms with van der Waals surface area (Å²) in [6.07, 6.45) is 0. The fourth-order valence-corrected chi connectivity index (χ4v) is 2.38. The molecule has 0 atom stereocenters. The minimum absolute atomic E-state index is 0.0835. The van der Waals surface area contributed by atoms with Gasteiger partial charge in [-0.15, -0.1) is 0 Å². The molecule has 0 spiro atoms. The molecule has 26 heavy (non-hydrogen) atoms. The third-order valence-corrected chi connectivity index (χ3v) is 3.74. The Labute approximate surface area is 153 Å². The largest absolute Gasteiger partial charge is 0.384 e. The topological polar surface area (TPSA) is 99.3 Å². The molecule has 6 nitrogen and oxygen atoms in total. The molecule has 2 aromatic rings. The Bertz CT molecular complexity index is 787. The van der Waals surface area contributed by atoms with Crippen LogP contribution in [0.1, 0.15) is 29.8 Å². The Morgan fingerprint density at radius 1 is 1.08 bits per heavy atom. The van der Waals surface area contributed by atoms with Crippen molar-refractivity contribution in [3.8, 4) is 0 Å². The molecule has 2 amide bonds. The zero-order chi connectivity index (χ0) is 19.1. The molecule has 0 unspecified atom stereocenters. The highest BCUT2D eigenvalue weighted by molar-refractivity contribution is 6.10. The van der Waals surface area contributed by atoms with E-state index in [1.165, 1.54) is 4.90 Å². The van der Waals surface area contributed by atoms with E-state index < -0.39 is 0 Å². The predicted octanol–water partition coefficient (Wildman–Crippen LogP) is 2.39. The van der Waals surface area contributed by atoms with Crippen molar-refractivity contribution in [2.45, 2.75) is 13.8 Å². The number of para-hydroxylation sites is 1. The smallest absolute Gasteiger partial charge is 0.258 e. The van der Waals surface area contributed by atoms with E-state index in [9.17, 15) is 9.59 Å². The first-order chi connectivity index (χ1) is 12.4. The lowest BCUT2D eigenvalue weighted by Gasteiger charge is -2.23. The van der Waals surface area contributed by atoms with E-state index in [1.807, 2.05) is 32.0 Å². The number of rotatable bonds is 7. The van der Waals surface area contributed by atoms with Crippen LogP contribution >= 0.6 is 0 Å². The molecule has 0 fully saturated rings. The summed E-state index contributed by atoms with van der Waals surface area (Å²) in [6.45, 7) is 4.48. The lowest BCUT2D eigenvalue weighted by Crippen LogP contribution is -2.41. The summed E-state index contributed by atoms with van der Waals surface area (Å²) in [5.74, 6) is -0.328. The van der Waals surface area contributed by atoms with Crippen LogP contribution in [0.4, 0.5) is 5.69 Å². The van der Waals surface area contributed by atoms with Gasteiger partial charge in [0.2, 0.25) is 5.91 Å². The molecule has 0 aliphatic heterocycles. The second-order valence-electron chi connectivity index (χ2n) is 6.42. The zero-order valence-electron chi connectivity index (χ0n) is 15.0. The molecule has 2 rings (SSSR count). The van der Waals surface area contributed by atoms with Gasteiger partial charge in [-0.25, -0.2) is 0 Å². The average molecular weight is 352 g/mol. The van der Waals surface area contributed by atoms with Crippen LogP contribution in [0.3, 0.4) is 0 Å². The number of anilines is 1. The van der Waals surface area contributed by atoms with Crippen molar-refractivity contribution in [1.82, 2.24) is 5.32 Å². The van der Waals surface area contributed by atoms with Crippen LogP contribution in [-0.2, 0) is 4.79 Å². The lowest BCUT2D eigenvalue weighted by molar-refractivity contribution is -0.119. The highest BCUT2D eigenvalue weighted by Crippen LogP contribution is 2.17. The number of hydrogen-bond donors (Lipinski definition) is 3. The molecule has 0 saturated carbocycles. The molecule has 0 aliphatic carbocycles. The highest BCUT2D eigenvalue weighted by Gasteiger charge is 2.21. The molecule has 136 valence electrons. The number of benzene rings is 2. The monoisotopic (exact) mass is 352 g/mol. The van der Waals surface area contributed by atoms with Crippen LogP contribution in [-0.4, -0.2) is 30.7 Å². The van der Waals surface area contributed by atoms with Crippen LogP contribution in [0.15, 0.2) is 54.6 Å². The number of hydrogen-bond acceptors (Lipinski definition) is 3. The number of nitrogens with one attached hydrogen (secondary N) is 2. The third-order valence-electron chi connectivity index (χ3n) is 3.74. The van der Waals surface area contributed by atoms with Crippen LogP contribution < -0.4 is 16.0 Å². The van der Waals surface area contributed by atoms with Crippen molar-refractivity contribution >= 4 is 23.3 Å². The maximum atomic E-state index is 13.0. The highest BCUT2D eigenvalue weighted by atomic mass is 16.2. The molecule has 0 radical (unpaired) electrons. The van der Waals surface area contributed by atoms with Gasteiger partial charge in [-0.05, 0) is 30.2 Å². The first kappa shape index (κ1) is 19.2. The average Bonchev–Trinajstić information content (AvgIpc) is 2.64. The minimum Gasteiger partial charge on any atom is -0.384 e. The Hall–Kier alpha value is -3.15. The van der Waals surface area contributed by atoms with Crippen molar-refractivity contribution in [3.63, 3.8) is 0 Å². The number of amides is 2. The van der Waals surface area contributed by atoms with Gasteiger partial charge in [0.05, 0.1) is 0 Å². The predicted molar refractivity (Wildman–Crippen MR) is 103 cm³/mol. The van der Waals surface area contributed by atoms with Crippen molar-refractivity contribution in [3.05, 3.63) is 65.7 Å². The number of amidine groups is 1. The molecule has 6 heteroatoms. The molecule has 0 heterocycles. The van der Waals surface area contributed by atoms with Gasteiger partial charge in [-0.1, -0.05) is 44.2 Å². The van der Waals surface area contributed by atoms with E-state index in [-0.39, 0.29) is 24.2 Å². The molecule has 0 aromatic heterocycles. The fourth-order valence-electron chi connectivity index (χ4n) is 2.38. The van der Waals surface area contributed by atoms with Crippen molar-refractivity contribution in [1.29, 1.82) is 5.41 Å². The molecule has 4 N–H and O–H groups in total. The summed E-state index contributed by atoms with van der Waals surface area (Å²) in [4.78, 5) is 26.7. The number of nitrogens with two attached hydrogens (primary N) is 1. The zero-order valence-corrected chi connectivity index (χ0v) is 15.0. The first-order valence-corrected chi connectivity index (χ1v) is 8.46. The van der Waals surface area contributed by atoms with E-state index in [0.717, 1.165) is 0 Å². The lowest BCUT2D eigenvalue weighted by atomic mass is 10.1. The Morgan fingerprint density at radius 2 is 1.73 bits per heavy atom. The molecular formula is C20H24N4O2. The SMILES string of the molecule is CC(C)CNC(=O)CN(C(=O)c1cccc(C(=N)N)c1)c1ccccc1. The van der Waals surface area contributed by atoms with Crippen molar-refractivity contribution in [2.75, 3.05) is 18.0 Å². The quantitative estimate of drug-likeness (QED) is 0.527. The van der Waals surface area contributed by atoms with Crippen molar-refractivity contribution in [2.24, 2.45) is 11.7 Å². The molecule has 0 bridgehead atoms. The minimum atomic E-state index is -0.320. The van der Waals surface area contributed by atoms with Gasteiger partial charge in [-0.2, -0.15) is 0 Å². The van der Waals surface area contributed by atoms with Crippen LogP contribution in [0.5, 0.6) is 0 Å². The fraction of sp³-hybridized carbons (Fsp3) is 0.250. The van der Waals surface area contributed by atoms with Crippen molar-refractivity contribution < 1.29 is 9.59 Å². The maximum absolute atomic E-state index is 13.0. The summed E-state index contributed by atoms with van der Waals surface area (Å²) in [5.41, 5.74) is 6.98. The molecular weight excluding hydrogens is 328 g/mol. The number of nitrogens with zero attached hydrogens (tertiary/aromatic N) is 1. The number of nitrogen functional groups attached to an aromatic ring is 1. The van der Waals surface area contributed by atoms with Gasteiger partial charge in [-0.3, -0.25) is 19.9 Å². The molecule has 2 aromatic carbocycles. The van der Waals surface area contributed by atoms with E-state index in [2.05, 4.69) is 5.32 Å². The summed E-state index contributed by atoms with van der Waals surface area (Å²) in [7, 11) is 0. The van der Waals surface area contributed by atoms with Gasteiger partial charge in [0.1, 0.15) is 12.4 Å². The normalized spacial score (nSPS) is 10.4. The van der Waals surface area contributed by atoms with E-state index >= 15 is 0 Å².